The number of carbonyl (C=O) groups is 2. The zero-order valence-corrected chi connectivity index (χ0v) is 18.5. The molecule has 0 bridgehead atoms. The monoisotopic (exact) mass is 417 g/mol. The van der Waals surface area contributed by atoms with Crippen LogP contribution in [0.25, 0.3) is 0 Å². The van der Waals surface area contributed by atoms with Crippen molar-refractivity contribution >= 4 is 12.2 Å². The minimum absolute atomic E-state index is 0.210. The molecule has 1 unspecified atom stereocenters. The molecule has 30 heavy (non-hydrogen) atoms. The summed E-state index contributed by atoms with van der Waals surface area (Å²) in [5.41, 5.74) is 0.534. The number of piperazine rings is 1. The van der Waals surface area contributed by atoms with Crippen molar-refractivity contribution in [2.24, 2.45) is 5.92 Å². The van der Waals surface area contributed by atoms with Gasteiger partial charge in [0.25, 0.3) is 0 Å². The largest absolute Gasteiger partial charge is 0.445 e. The number of hydrogen-bond acceptors (Lipinski definition) is 5. The van der Waals surface area contributed by atoms with Gasteiger partial charge in [-0.3, -0.25) is 4.90 Å². The second kappa shape index (κ2) is 10.2. The van der Waals surface area contributed by atoms with Crippen LogP contribution in [0.4, 0.5) is 9.59 Å². The molecule has 0 N–H and O–H groups in total. The number of ether oxygens (including phenoxy) is 2. The fourth-order valence-corrected chi connectivity index (χ4v) is 4.00. The number of rotatable bonds is 4. The number of hydrogen-bond donors (Lipinski definition) is 0. The lowest BCUT2D eigenvalue weighted by Gasteiger charge is -2.39. The minimum Gasteiger partial charge on any atom is -0.445 e. The lowest BCUT2D eigenvalue weighted by Crippen LogP contribution is -2.51. The first-order chi connectivity index (χ1) is 14.3. The van der Waals surface area contributed by atoms with Gasteiger partial charge in [0.15, 0.2) is 0 Å². The van der Waals surface area contributed by atoms with Gasteiger partial charge in [-0.2, -0.15) is 0 Å². The van der Waals surface area contributed by atoms with E-state index in [2.05, 4.69) is 4.90 Å². The highest BCUT2D eigenvalue weighted by molar-refractivity contribution is 5.68. The maximum atomic E-state index is 12.4. The van der Waals surface area contributed by atoms with Crippen LogP contribution in [0.5, 0.6) is 0 Å². The van der Waals surface area contributed by atoms with Gasteiger partial charge in [0.1, 0.15) is 12.2 Å². The van der Waals surface area contributed by atoms with Gasteiger partial charge in [0, 0.05) is 45.8 Å². The normalized spacial score (nSPS) is 20.7. The molecular formula is C23H35N3O4. The Labute approximate surface area is 179 Å². The zero-order valence-electron chi connectivity index (χ0n) is 18.5. The molecule has 2 aliphatic rings. The number of piperidine rings is 1. The lowest BCUT2D eigenvalue weighted by molar-refractivity contribution is 0.0126. The number of carbonyl (C=O) groups excluding carboxylic acids is 2. The highest BCUT2D eigenvalue weighted by Crippen LogP contribution is 2.21. The molecule has 0 spiro atoms. The van der Waals surface area contributed by atoms with E-state index in [4.69, 9.17) is 9.47 Å². The topological polar surface area (TPSA) is 62.3 Å². The number of amides is 2. The Kier molecular flexibility index (Phi) is 7.58. The van der Waals surface area contributed by atoms with Gasteiger partial charge in [0.05, 0.1) is 0 Å². The van der Waals surface area contributed by atoms with Gasteiger partial charge in [-0.1, -0.05) is 30.3 Å². The molecule has 7 nitrogen and oxygen atoms in total. The highest BCUT2D eigenvalue weighted by atomic mass is 16.6. The Morgan fingerprint density at radius 1 is 0.967 bits per heavy atom. The Morgan fingerprint density at radius 2 is 1.67 bits per heavy atom. The molecule has 1 atom stereocenters. The first-order valence-electron chi connectivity index (χ1n) is 11.0. The molecule has 3 rings (SSSR count). The Hall–Kier alpha value is -2.28. The molecule has 0 aromatic heterocycles. The third kappa shape index (κ3) is 6.90. The summed E-state index contributed by atoms with van der Waals surface area (Å²) in [6, 6.07) is 9.74. The standard InChI is InChI=1S/C23H35N3O4/c1-23(2,3)30-22(28)26-11-7-10-20(17-26)16-24-12-14-25(15-13-24)21(27)29-18-19-8-5-4-6-9-19/h4-6,8-9,20H,7,10-18H2,1-3H3. The minimum atomic E-state index is -0.463. The molecule has 0 saturated carbocycles. The summed E-state index contributed by atoms with van der Waals surface area (Å²) < 4.78 is 11.0. The average molecular weight is 418 g/mol. The van der Waals surface area contributed by atoms with E-state index >= 15 is 0 Å². The fraction of sp³-hybridized carbons (Fsp3) is 0.652. The predicted molar refractivity (Wildman–Crippen MR) is 115 cm³/mol. The van der Waals surface area contributed by atoms with Crippen LogP contribution in [0.15, 0.2) is 30.3 Å². The maximum Gasteiger partial charge on any atom is 0.410 e. The summed E-state index contributed by atoms with van der Waals surface area (Å²) in [6.45, 7) is 11.5. The second-order valence-corrected chi connectivity index (χ2v) is 9.26. The smallest absolute Gasteiger partial charge is 0.410 e. The summed E-state index contributed by atoms with van der Waals surface area (Å²) in [5, 5.41) is 0. The Morgan fingerprint density at radius 3 is 2.33 bits per heavy atom. The zero-order chi connectivity index (χ0) is 21.6. The van der Waals surface area contributed by atoms with Crippen LogP contribution in [0.3, 0.4) is 0 Å². The van der Waals surface area contributed by atoms with Crippen LogP contribution in [-0.2, 0) is 16.1 Å². The SMILES string of the molecule is CC(C)(C)OC(=O)N1CCCC(CN2CCN(C(=O)OCc3ccccc3)CC2)C1. The van der Waals surface area contributed by atoms with Crippen LogP contribution in [0.1, 0.15) is 39.2 Å². The number of likely N-dealkylation sites (tertiary alicyclic amines) is 1. The summed E-state index contributed by atoms with van der Waals surface area (Å²) in [4.78, 5) is 30.7. The predicted octanol–water partition coefficient (Wildman–Crippen LogP) is 3.59. The van der Waals surface area contributed by atoms with Gasteiger partial charge in [-0.15, -0.1) is 0 Å². The highest BCUT2D eigenvalue weighted by Gasteiger charge is 2.30. The summed E-state index contributed by atoms with van der Waals surface area (Å²) in [6.07, 6.45) is 1.68. The van der Waals surface area contributed by atoms with Crippen LogP contribution in [0, 0.1) is 5.92 Å². The van der Waals surface area contributed by atoms with E-state index in [-0.39, 0.29) is 12.2 Å². The van der Waals surface area contributed by atoms with Crippen molar-refractivity contribution in [3.8, 4) is 0 Å². The van der Waals surface area contributed by atoms with E-state index in [1.54, 1.807) is 4.90 Å². The fourth-order valence-electron chi connectivity index (χ4n) is 4.00. The molecular weight excluding hydrogens is 382 g/mol. The first-order valence-corrected chi connectivity index (χ1v) is 11.0. The Balaban J connectivity index is 1.38. The van der Waals surface area contributed by atoms with Crippen LogP contribution in [0.2, 0.25) is 0 Å². The van der Waals surface area contributed by atoms with Gasteiger partial charge in [0.2, 0.25) is 0 Å². The van der Waals surface area contributed by atoms with E-state index in [1.807, 2.05) is 56.0 Å². The van der Waals surface area contributed by atoms with E-state index in [1.165, 1.54) is 0 Å². The van der Waals surface area contributed by atoms with Crippen molar-refractivity contribution < 1.29 is 19.1 Å². The van der Waals surface area contributed by atoms with Crippen LogP contribution < -0.4 is 0 Å². The summed E-state index contributed by atoms with van der Waals surface area (Å²) in [5.74, 6) is 0.447. The van der Waals surface area contributed by atoms with E-state index < -0.39 is 5.60 Å². The molecule has 2 amide bonds. The van der Waals surface area contributed by atoms with Gasteiger partial charge in [-0.05, 0) is 45.1 Å². The number of benzene rings is 1. The molecule has 1 aromatic carbocycles. The van der Waals surface area contributed by atoms with Crippen molar-refractivity contribution in [2.45, 2.75) is 45.8 Å². The summed E-state index contributed by atoms with van der Waals surface area (Å²) >= 11 is 0. The lowest BCUT2D eigenvalue weighted by atomic mass is 9.97. The van der Waals surface area contributed by atoms with E-state index in [0.29, 0.717) is 25.6 Å². The van der Waals surface area contributed by atoms with E-state index in [9.17, 15) is 9.59 Å². The van der Waals surface area contributed by atoms with Gasteiger partial charge in [-0.25, -0.2) is 9.59 Å². The third-order valence-corrected chi connectivity index (χ3v) is 5.52. The van der Waals surface area contributed by atoms with Crippen molar-refractivity contribution in [2.75, 3.05) is 45.8 Å². The maximum absolute atomic E-state index is 12.4. The molecule has 2 fully saturated rings. The molecule has 0 radical (unpaired) electrons. The molecule has 2 saturated heterocycles. The molecule has 0 aliphatic carbocycles. The average Bonchev–Trinajstić information content (AvgIpc) is 2.72. The molecule has 1 aromatic rings. The molecule has 2 heterocycles. The Bertz CT molecular complexity index is 696. The van der Waals surface area contributed by atoms with Crippen LogP contribution >= 0.6 is 0 Å². The van der Waals surface area contributed by atoms with Gasteiger partial charge < -0.3 is 19.3 Å². The van der Waals surface area contributed by atoms with Gasteiger partial charge >= 0.3 is 12.2 Å². The molecule has 7 heteroatoms. The van der Waals surface area contributed by atoms with Crippen molar-refractivity contribution in [1.29, 1.82) is 0 Å². The van der Waals surface area contributed by atoms with Crippen molar-refractivity contribution in [1.82, 2.24) is 14.7 Å². The first kappa shape index (κ1) is 22.4. The van der Waals surface area contributed by atoms with Crippen molar-refractivity contribution in [3.05, 3.63) is 35.9 Å². The summed E-state index contributed by atoms with van der Waals surface area (Å²) in [7, 11) is 0. The quantitative estimate of drug-likeness (QED) is 0.749. The third-order valence-electron chi connectivity index (χ3n) is 5.52. The number of nitrogens with zero attached hydrogens (tertiary/aromatic N) is 3. The second-order valence-electron chi connectivity index (χ2n) is 9.26. The van der Waals surface area contributed by atoms with Crippen LogP contribution in [-0.4, -0.2) is 78.3 Å². The molecule has 2 aliphatic heterocycles. The van der Waals surface area contributed by atoms with Crippen molar-refractivity contribution in [3.63, 3.8) is 0 Å². The van der Waals surface area contributed by atoms with E-state index in [0.717, 1.165) is 51.1 Å². The molecule has 166 valence electrons.